The van der Waals surface area contributed by atoms with Crippen LogP contribution in [0.1, 0.15) is 45.0 Å². The molecule has 0 unspecified atom stereocenters. The number of Topliss-reactive ketones (excluding diaryl/α,β-unsaturated/α-hetero) is 1. The van der Waals surface area contributed by atoms with Gasteiger partial charge in [0, 0.05) is 5.56 Å². The number of carbonyl (C=O) groups excluding carboxylic acids is 1. The fourth-order valence-electron chi connectivity index (χ4n) is 0.673. The predicted octanol–water partition coefficient (Wildman–Crippen LogP) is 0.366. The van der Waals surface area contributed by atoms with E-state index in [1.54, 1.807) is 34.6 Å². The van der Waals surface area contributed by atoms with Crippen molar-refractivity contribution < 1.29 is 30.1 Å². The summed E-state index contributed by atoms with van der Waals surface area (Å²) < 4.78 is 0. The molecule has 0 aliphatic carbocycles. The maximum atomic E-state index is 10.6. The minimum atomic E-state index is -2.17. The van der Waals surface area contributed by atoms with Gasteiger partial charge in [-0.2, -0.15) is 0 Å². The summed E-state index contributed by atoms with van der Waals surface area (Å²) in [6, 6.07) is 9.23. The highest BCUT2D eigenvalue weighted by Gasteiger charge is 2.31. The molecule has 1 rings (SSSR count). The number of aliphatic hydroxyl groups is 2. The molecule has 0 saturated heterocycles. The third-order valence-electron chi connectivity index (χ3n) is 2.68. The molecule has 21 heavy (non-hydrogen) atoms. The molecule has 0 aromatic heterocycles. The quantitative estimate of drug-likeness (QED) is 0.398. The van der Waals surface area contributed by atoms with E-state index < -0.39 is 18.5 Å². The van der Waals surface area contributed by atoms with E-state index in [1.807, 2.05) is 30.3 Å². The molecule has 0 spiro atoms. The highest BCUT2D eigenvalue weighted by Crippen LogP contribution is 2.19. The SMILES string of the molecule is CC(=O)c1ccccc1.CC(C)(O)C(C)(C)O.OB(O)O. The second-order valence-corrected chi connectivity index (χ2v) is 5.39. The van der Waals surface area contributed by atoms with Crippen LogP contribution in [0.15, 0.2) is 30.3 Å². The van der Waals surface area contributed by atoms with Gasteiger partial charge in [0.25, 0.3) is 0 Å². The Labute approximate surface area is 125 Å². The van der Waals surface area contributed by atoms with Gasteiger partial charge in [-0.15, -0.1) is 0 Å². The second-order valence-electron chi connectivity index (χ2n) is 5.39. The Kier molecular flexibility index (Phi) is 10.1. The summed E-state index contributed by atoms with van der Waals surface area (Å²) in [5.41, 5.74) is -1.24. The van der Waals surface area contributed by atoms with Gasteiger partial charge in [0.1, 0.15) is 0 Å². The van der Waals surface area contributed by atoms with E-state index in [9.17, 15) is 4.79 Å². The summed E-state index contributed by atoms with van der Waals surface area (Å²) in [4.78, 5) is 10.6. The van der Waals surface area contributed by atoms with Gasteiger partial charge in [0.15, 0.2) is 5.78 Å². The Hall–Kier alpha value is -1.25. The third kappa shape index (κ3) is 13.5. The van der Waals surface area contributed by atoms with Crippen LogP contribution in [0.2, 0.25) is 0 Å². The Morgan fingerprint density at radius 2 is 1.19 bits per heavy atom. The molecule has 120 valence electrons. The van der Waals surface area contributed by atoms with Crippen LogP contribution in [0.5, 0.6) is 0 Å². The zero-order valence-electron chi connectivity index (χ0n) is 13.1. The van der Waals surface area contributed by atoms with Crippen LogP contribution in [-0.2, 0) is 0 Å². The molecule has 0 aliphatic heterocycles. The summed E-state index contributed by atoms with van der Waals surface area (Å²) in [7, 11) is -2.17. The summed E-state index contributed by atoms with van der Waals surface area (Å²) >= 11 is 0. The maximum Gasteiger partial charge on any atom is 0.631 e. The molecule has 5 N–H and O–H groups in total. The number of carbonyl (C=O) groups is 1. The van der Waals surface area contributed by atoms with Crippen molar-refractivity contribution >= 4 is 13.1 Å². The smallest absolute Gasteiger partial charge is 0.402 e. The molecule has 0 radical (unpaired) electrons. The molecule has 0 atom stereocenters. The molecule has 0 saturated carbocycles. The lowest BCUT2D eigenvalue weighted by Gasteiger charge is -2.31. The number of benzene rings is 1. The van der Waals surface area contributed by atoms with E-state index in [1.165, 1.54) is 0 Å². The highest BCUT2D eigenvalue weighted by molar-refractivity contribution is 6.30. The first-order chi connectivity index (χ1) is 9.29. The Balaban J connectivity index is 0. The fourth-order valence-corrected chi connectivity index (χ4v) is 0.673. The van der Waals surface area contributed by atoms with Crippen LogP contribution >= 0.6 is 0 Å². The molecule has 1 aromatic rings. The van der Waals surface area contributed by atoms with Crippen molar-refractivity contribution in [3.8, 4) is 0 Å². The summed E-state index contributed by atoms with van der Waals surface area (Å²) in [5.74, 6) is 0.121. The van der Waals surface area contributed by atoms with Crippen LogP contribution in [0.25, 0.3) is 0 Å². The van der Waals surface area contributed by atoms with Gasteiger partial charge in [0.2, 0.25) is 0 Å². The van der Waals surface area contributed by atoms with Crippen LogP contribution in [-0.4, -0.2) is 49.6 Å². The Morgan fingerprint density at radius 1 is 0.905 bits per heavy atom. The molecular formula is C14H25BO6. The number of hydrogen-bond donors (Lipinski definition) is 5. The lowest BCUT2D eigenvalue weighted by Crippen LogP contribution is -2.44. The zero-order valence-corrected chi connectivity index (χ0v) is 13.1. The molecule has 0 bridgehead atoms. The second kappa shape index (κ2) is 9.65. The van der Waals surface area contributed by atoms with Gasteiger partial charge in [0.05, 0.1) is 11.2 Å². The van der Waals surface area contributed by atoms with Gasteiger partial charge in [-0.05, 0) is 34.6 Å². The molecular weight excluding hydrogens is 275 g/mol. The van der Waals surface area contributed by atoms with Gasteiger partial charge in [-0.1, -0.05) is 30.3 Å². The van der Waals surface area contributed by atoms with E-state index in [4.69, 9.17) is 25.3 Å². The van der Waals surface area contributed by atoms with Gasteiger partial charge in [-0.3, -0.25) is 4.79 Å². The maximum absolute atomic E-state index is 10.6. The van der Waals surface area contributed by atoms with Crippen molar-refractivity contribution in [2.24, 2.45) is 0 Å². The average Bonchev–Trinajstić information content (AvgIpc) is 2.27. The topological polar surface area (TPSA) is 118 Å². The standard InChI is InChI=1S/C8H8O.C6H14O2.BH3O3/c1-7(9)8-5-3-2-4-6-8;1-5(2,7)6(3,4)8;2-1(3)4/h2-6H,1H3;7-8H,1-4H3;2-4H. The van der Waals surface area contributed by atoms with Crippen molar-refractivity contribution in [1.29, 1.82) is 0 Å². The first kappa shape index (κ1) is 22.0. The molecule has 0 amide bonds. The molecule has 0 heterocycles. The van der Waals surface area contributed by atoms with Crippen LogP contribution < -0.4 is 0 Å². The Bertz CT molecular complexity index is 377. The largest absolute Gasteiger partial charge is 0.631 e. The fraction of sp³-hybridized carbons (Fsp3) is 0.500. The van der Waals surface area contributed by atoms with E-state index in [-0.39, 0.29) is 5.78 Å². The number of hydrogen-bond acceptors (Lipinski definition) is 6. The van der Waals surface area contributed by atoms with Crippen LogP contribution in [0.4, 0.5) is 0 Å². The van der Waals surface area contributed by atoms with E-state index in [2.05, 4.69) is 0 Å². The van der Waals surface area contributed by atoms with Gasteiger partial charge >= 0.3 is 7.32 Å². The molecule has 7 heteroatoms. The minimum Gasteiger partial charge on any atom is -0.402 e. The average molecular weight is 300 g/mol. The molecule has 1 aromatic carbocycles. The van der Waals surface area contributed by atoms with E-state index in [0.29, 0.717) is 0 Å². The molecule has 0 fully saturated rings. The lowest BCUT2D eigenvalue weighted by atomic mass is 9.90. The van der Waals surface area contributed by atoms with E-state index in [0.717, 1.165) is 5.56 Å². The summed E-state index contributed by atoms with van der Waals surface area (Å²) in [6.45, 7) is 7.87. The third-order valence-corrected chi connectivity index (χ3v) is 2.68. The summed E-state index contributed by atoms with van der Waals surface area (Å²) in [6.07, 6.45) is 0. The summed E-state index contributed by atoms with van der Waals surface area (Å²) in [5, 5.41) is 39.7. The zero-order chi connectivity index (χ0) is 17.3. The monoisotopic (exact) mass is 300 g/mol. The van der Waals surface area contributed by atoms with E-state index >= 15 is 0 Å². The highest BCUT2D eigenvalue weighted by atomic mass is 16.5. The predicted molar refractivity (Wildman–Crippen MR) is 81.5 cm³/mol. The lowest BCUT2D eigenvalue weighted by molar-refractivity contribution is -0.107. The van der Waals surface area contributed by atoms with Crippen LogP contribution in [0.3, 0.4) is 0 Å². The number of ketones is 1. The minimum absolute atomic E-state index is 0.121. The normalized spacial score (nSPS) is 10.6. The first-order valence-electron chi connectivity index (χ1n) is 6.34. The van der Waals surface area contributed by atoms with Gasteiger partial charge < -0.3 is 25.3 Å². The van der Waals surface area contributed by atoms with Crippen LogP contribution in [0, 0.1) is 0 Å². The van der Waals surface area contributed by atoms with Crippen molar-refractivity contribution in [3.05, 3.63) is 35.9 Å². The van der Waals surface area contributed by atoms with Crippen molar-refractivity contribution in [3.63, 3.8) is 0 Å². The molecule has 0 aliphatic rings. The first-order valence-corrected chi connectivity index (χ1v) is 6.34. The van der Waals surface area contributed by atoms with Gasteiger partial charge in [-0.25, -0.2) is 0 Å². The van der Waals surface area contributed by atoms with Crippen molar-refractivity contribution in [2.45, 2.75) is 45.8 Å². The van der Waals surface area contributed by atoms with Crippen molar-refractivity contribution in [1.82, 2.24) is 0 Å². The molecule has 6 nitrogen and oxygen atoms in total. The number of rotatable bonds is 2. The van der Waals surface area contributed by atoms with Crippen molar-refractivity contribution in [2.75, 3.05) is 0 Å². The Morgan fingerprint density at radius 3 is 1.33 bits per heavy atom.